The molecule has 0 saturated heterocycles. The molecule has 0 aliphatic heterocycles. The summed E-state index contributed by atoms with van der Waals surface area (Å²) in [6.45, 7) is 0.714. The van der Waals surface area contributed by atoms with Crippen LogP contribution in [-0.2, 0) is 28.9 Å². The molecule has 5 aromatic rings. The summed E-state index contributed by atoms with van der Waals surface area (Å²) in [6.07, 6.45) is 2.11. The van der Waals surface area contributed by atoms with Crippen LogP contribution in [0.2, 0.25) is 0 Å². The molecule has 0 spiro atoms. The van der Waals surface area contributed by atoms with Crippen molar-refractivity contribution in [1.29, 1.82) is 0 Å². The summed E-state index contributed by atoms with van der Waals surface area (Å²) < 4.78 is 13.5. The van der Waals surface area contributed by atoms with Gasteiger partial charge in [0.25, 0.3) is 0 Å². The molecule has 0 aliphatic carbocycles. The zero-order chi connectivity index (χ0) is 29.3. The Kier molecular flexibility index (Phi) is 9.46. The van der Waals surface area contributed by atoms with Crippen LogP contribution in [0.15, 0.2) is 113 Å². The summed E-state index contributed by atoms with van der Waals surface area (Å²) in [4.78, 5) is 25.1. The van der Waals surface area contributed by atoms with Crippen LogP contribution >= 0.6 is 11.3 Å². The molecular formula is C34H32N2O5S. The Labute approximate surface area is 248 Å². The Morgan fingerprint density at radius 2 is 1.62 bits per heavy atom. The van der Waals surface area contributed by atoms with E-state index in [2.05, 4.69) is 17.3 Å². The lowest BCUT2D eigenvalue weighted by molar-refractivity contribution is -0.145. The van der Waals surface area contributed by atoms with Gasteiger partial charge in [0.15, 0.2) is 0 Å². The van der Waals surface area contributed by atoms with Crippen molar-refractivity contribution in [2.75, 3.05) is 13.7 Å². The first kappa shape index (κ1) is 28.8. The quantitative estimate of drug-likeness (QED) is 0.0806. The molecule has 214 valence electrons. The van der Waals surface area contributed by atoms with Crippen LogP contribution in [0.3, 0.4) is 0 Å². The summed E-state index contributed by atoms with van der Waals surface area (Å²) in [5.74, 6) is 0.264. The molecule has 0 aliphatic rings. The van der Waals surface area contributed by atoms with Gasteiger partial charge in [0, 0.05) is 11.1 Å². The molecule has 1 aromatic heterocycles. The number of oxime groups is 1. The second-order valence-electron chi connectivity index (χ2n) is 9.96. The number of aromatic nitrogens is 1. The molecule has 0 radical (unpaired) electrons. The highest BCUT2D eigenvalue weighted by Gasteiger charge is 2.20. The molecule has 0 saturated carbocycles. The first-order valence-corrected chi connectivity index (χ1v) is 14.6. The number of thiazole rings is 1. The van der Waals surface area contributed by atoms with Crippen molar-refractivity contribution >= 4 is 33.2 Å². The molecule has 1 heterocycles. The second-order valence-corrected chi connectivity index (χ2v) is 11.0. The van der Waals surface area contributed by atoms with Gasteiger partial charge >= 0.3 is 10.8 Å². The van der Waals surface area contributed by atoms with Crippen LogP contribution in [0.4, 0.5) is 0 Å². The van der Waals surface area contributed by atoms with E-state index in [-0.39, 0.29) is 16.8 Å². The van der Waals surface area contributed by atoms with Gasteiger partial charge in [-0.3, -0.25) is 14.2 Å². The fourth-order valence-electron chi connectivity index (χ4n) is 5.02. The van der Waals surface area contributed by atoms with Gasteiger partial charge in [0.05, 0.1) is 29.8 Å². The van der Waals surface area contributed by atoms with Crippen LogP contribution in [-0.4, -0.2) is 35.2 Å². The minimum Gasteiger partial charge on any atom is -0.492 e. The Morgan fingerprint density at radius 1 is 0.905 bits per heavy atom. The number of ether oxygens (including phenoxy) is 2. The zero-order valence-electron chi connectivity index (χ0n) is 23.3. The topological polar surface area (TPSA) is 90.1 Å². The molecular weight excluding hydrogens is 548 g/mol. The summed E-state index contributed by atoms with van der Waals surface area (Å²) in [7, 11) is 1.43. The average molecular weight is 581 g/mol. The third kappa shape index (κ3) is 6.95. The van der Waals surface area contributed by atoms with Crippen molar-refractivity contribution in [3.8, 4) is 5.75 Å². The summed E-state index contributed by atoms with van der Waals surface area (Å²) in [5.41, 5.74) is 5.01. The molecule has 0 amide bonds. The van der Waals surface area contributed by atoms with Gasteiger partial charge in [-0.05, 0) is 54.7 Å². The number of nitrogens with zero attached hydrogens (tertiary/aromatic N) is 2. The predicted molar refractivity (Wildman–Crippen MR) is 166 cm³/mol. The Bertz CT molecular complexity index is 1710. The van der Waals surface area contributed by atoms with Gasteiger partial charge in [-0.1, -0.05) is 95.4 Å². The molecule has 4 aromatic carbocycles. The molecule has 42 heavy (non-hydrogen) atoms. The smallest absolute Gasteiger partial charge is 0.309 e. The molecule has 0 fully saturated rings. The third-order valence-electron chi connectivity index (χ3n) is 7.24. The van der Waals surface area contributed by atoms with E-state index in [0.29, 0.717) is 37.5 Å². The molecule has 0 bridgehead atoms. The summed E-state index contributed by atoms with van der Waals surface area (Å²) in [5, 5.41) is 13.1. The van der Waals surface area contributed by atoms with Gasteiger partial charge < -0.3 is 14.7 Å². The molecule has 1 unspecified atom stereocenters. The van der Waals surface area contributed by atoms with Gasteiger partial charge in [-0.2, -0.15) is 0 Å². The van der Waals surface area contributed by atoms with Crippen LogP contribution in [0.5, 0.6) is 5.75 Å². The van der Waals surface area contributed by atoms with Crippen molar-refractivity contribution in [3.05, 3.63) is 135 Å². The summed E-state index contributed by atoms with van der Waals surface area (Å²) in [6, 6.07) is 32.9. The number of hydrogen-bond acceptors (Lipinski definition) is 7. The van der Waals surface area contributed by atoms with Crippen LogP contribution in [0.25, 0.3) is 10.2 Å². The Hall–Kier alpha value is -4.69. The van der Waals surface area contributed by atoms with Crippen molar-refractivity contribution in [3.63, 3.8) is 0 Å². The number of hydrogen-bond donors (Lipinski definition) is 1. The lowest BCUT2D eigenvalue weighted by atomic mass is 9.93. The largest absolute Gasteiger partial charge is 0.492 e. The Balaban J connectivity index is 1.19. The number of rotatable bonds is 12. The van der Waals surface area contributed by atoms with E-state index < -0.39 is 0 Å². The van der Waals surface area contributed by atoms with E-state index in [1.807, 2.05) is 91.0 Å². The minimum atomic E-state index is -0.228. The lowest BCUT2D eigenvalue weighted by Crippen LogP contribution is -2.19. The van der Waals surface area contributed by atoms with Crippen LogP contribution < -0.4 is 9.61 Å². The van der Waals surface area contributed by atoms with Crippen molar-refractivity contribution < 1.29 is 19.5 Å². The zero-order valence-corrected chi connectivity index (χ0v) is 24.1. The van der Waals surface area contributed by atoms with Crippen LogP contribution in [0, 0.1) is 5.92 Å². The van der Waals surface area contributed by atoms with Crippen molar-refractivity contribution in [2.24, 2.45) is 11.1 Å². The first-order chi connectivity index (χ1) is 20.6. The number of carbonyl (C=O) groups excluding carboxylic acids is 1. The number of fused-ring (bicyclic) bond motifs is 1. The number of carbonyl (C=O) groups is 1. The maximum Gasteiger partial charge on any atom is 0.309 e. The molecule has 5 rings (SSSR count). The average Bonchev–Trinajstić information content (AvgIpc) is 3.35. The lowest BCUT2D eigenvalue weighted by Gasteiger charge is -2.15. The third-order valence-corrected chi connectivity index (χ3v) is 8.18. The minimum absolute atomic E-state index is 0.0762. The summed E-state index contributed by atoms with van der Waals surface area (Å²) >= 11 is 1.15. The molecule has 1 atom stereocenters. The van der Waals surface area contributed by atoms with Crippen molar-refractivity contribution in [1.82, 2.24) is 4.57 Å². The van der Waals surface area contributed by atoms with Gasteiger partial charge in [-0.25, -0.2) is 0 Å². The normalized spacial score (nSPS) is 12.3. The number of aryl methyl sites for hydroxylation is 1. The van der Waals surface area contributed by atoms with E-state index in [0.717, 1.165) is 44.7 Å². The SMILES string of the molecule is COC(=O)C(CCc1ccccc1)Cc1ccc(OCCn2c(=O)sc3cc(/C(=N/O)c4ccccc4)ccc32)cc1. The van der Waals surface area contributed by atoms with E-state index in [9.17, 15) is 14.8 Å². The van der Waals surface area contributed by atoms with E-state index >= 15 is 0 Å². The highest BCUT2D eigenvalue weighted by Crippen LogP contribution is 2.23. The van der Waals surface area contributed by atoms with Crippen LogP contribution in [0.1, 0.15) is 28.7 Å². The van der Waals surface area contributed by atoms with Gasteiger partial charge in [0.1, 0.15) is 18.1 Å². The maximum absolute atomic E-state index is 12.8. The maximum atomic E-state index is 12.8. The first-order valence-electron chi connectivity index (χ1n) is 13.8. The fraction of sp³-hybridized carbons (Fsp3) is 0.206. The van der Waals surface area contributed by atoms with E-state index in [4.69, 9.17) is 9.47 Å². The van der Waals surface area contributed by atoms with Gasteiger partial charge in [-0.15, -0.1) is 0 Å². The highest BCUT2D eigenvalue weighted by atomic mass is 32.1. The molecule has 7 nitrogen and oxygen atoms in total. The fourth-order valence-corrected chi connectivity index (χ4v) is 5.98. The standard InChI is InChI=1S/C34H32N2O5S/c1-40-33(37)28(15-12-24-8-4-2-5-9-24)22-25-13-17-29(18-14-25)41-21-20-36-30-19-16-27(23-31(30)42-34(36)38)32(35-39)26-10-6-3-7-11-26/h2-11,13-14,16-19,23,28,39H,12,15,20-22H2,1H3/b35-32+. The number of benzene rings is 4. The monoisotopic (exact) mass is 580 g/mol. The molecule has 8 heteroatoms. The van der Waals surface area contributed by atoms with E-state index in [1.54, 1.807) is 4.57 Å². The molecule has 1 N–H and O–H groups in total. The van der Waals surface area contributed by atoms with Crippen molar-refractivity contribution in [2.45, 2.75) is 25.8 Å². The predicted octanol–water partition coefficient (Wildman–Crippen LogP) is 6.33. The number of esters is 1. The highest BCUT2D eigenvalue weighted by molar-refractivity contribution is 7.16. The Morgan fingerprint density at radius 3 is 2.31 bits per heavy atom. The van der Waals surface area contributed by atoms with E-state index in [1.165, 1.54) is 12.7 Å². The van der Waals surface area contributed by atoms with Gasteiger partial charge in [0.2, 0.25) is 0 Å². The second kappa shape index (κ2) is 13.8. The number of methoxy groups -OCH3 is 1.